The largest absolute Gasteiger partial charge is 0.388 e. The molecule has 3 N–H and O–H groups in total. The number of rotatable bonds is 7. The van der Waals surface area contributed by atoms with Crippen molar-refractivity contribution in [2.75, 3.05) is 13.1 Å². The van der Waals surface area contributed by atoms with Crippen molar-refractivity contribution in [2.24, 2.45) is 5.73 Å². The highest BCUT2D eigenvalue weighted by atomic mass is 15.2. The van der Waals surface area contributed by atoms with E-state index in [1.807, 2.05) is 18.3 Å². The van der Waals surface area contributed by atoms with E-state index in [1.54, 1.807) is 0 Å². The van der Waals surface area contributed by atoms with Gasteiger partial charge < -0.3 is 5.73 Å². The Balaban J connectivity index is 1.79. The molecule has 0 aliphatic heterocycles. The summed E-state index contributed by atoms with van der Waals surface area (Å²) in [5, 5.41) is 7.28. The maximum absolute atomic E-state index is 7.28. The zero-order chi connectivity index (χ0) is 12.1. The first-order valence-electron chi connectivity index (χ1n) is 6.22. The molecule has 92 valence electrons. The zero-order valence-corrected chi connectivity index (χ0v) is 10.1. The Morgan fingerprint density at radius 3 is 2.82 bits per heavy atom. The summed E-state index contributed by atoms with van der Waals surface area (Å²) >= 11 is 0. The van der Waals surface area contributed by atoms with Gasteiger partial charge in [0.2, 0.25) is 0 Å². The zero-order valence-electron chi connectivity index (χ0n) is 10.1. The van der Waals surface area contributed by atoms with E-state index in [2.05, 4.69) is 16.0 Å². The van der Waals surface area contributed by atoms with E-state index in [1.165, 1.54) is 12.8 Å². The fraction of sp³-hybridized carbons (Fsp3) is 0.538. The van der Waals surface area contributed by atoms with Crippen LogP contribution >= 0.6 is 0 Å². The molecule has 0 saturated heterocycles. The molecule has 4 heteroatoms. The minimum atomic E-state index is 0.286. The Kier molecular flexibility index (Phi) is 4.09. The van der Waals surface area contributed by atoms with Crippen molar-refractivity contribution in [3.63, 3.8) is 0 Å². The number of hydrogen-bond donors (Lipinski definition) is 2. The van der Waals surface area contributed by atoms with Crippen LogP contribution in [0.15, 0.2) is 24.4 Å². The summed E-state index contributed by atoms with van der Waals surface area (Å²) in [5.41, 5.74) is 6.55. The van der Waals surface area contributed by atoms with Gasteiger partial charge in [0.05, 0.1) is 5.84 Å². The first kappa shape index (κ1) is 12.0. The van der Waals surface area contributed by atoms with Gasteiger partial charge in [0.25, 0.3) is 0 Å². The molecule has 0 aromatic carbocycles. The molecule has 0 bridgehead atoms. The summed E-state index contributed by atoms with van der Waals surface area (Å²) in [4.78, 5) is 6.77. The van der Waals surface area contributed by atoms with Crippen LogP contribution in [0.3, 0.4) is 0 Å². The minimum Gasteiger partial charge on any atom is -0.388 e. The Labute approximate surface area is 102 Å². The van der Waals surface area contributed by atoms with E-state index in [9.17, 15) is 0 Å². The van der Waals surface area contributed by atoms with Gasteiger partial charge in [-0.25, -0.2) is 0 Å². The summed E-state index contributed by atoms with van der Waals surface area (Å²) < 4.78 is 0. The summed E-state index contributed by atoms with van der Waals surface area (Å²) in [6, 6.07) is 6.76. The van der Waals surface area contributed by atoms with Gasteiger partial charge in [-0.15, -0.1) is 0 Å². The maximum atomic E-state index is 7.28. The molecule has 1 aliphatic carbocycles. The van der Waals surface area contributed by atoms with Crippen LogP contribution in [0.2, 0.25) is 0 Å². The van der Waals surface area contributed by atoms with Gasteiger partial charge in [0.1, 0.15) is 0 Å². The van der Waals surface area contributed by atoms with Crippen LogP contribution < -0.4 is 5.73 Å². The number of aromatic nitrogens is 1. The fourth-order valence-corrected chi connectivity index (χ4v) is 1.98. The first-order valence-corrected chi connectivity index (χ1v) is 6.22. The van der Waals surface area contributed by atoms with Crippen molar-refractivity contribution in [2.45, 2.75) is 31.7 Å². The predicted molar refractivity (Wildman–Crippen MR) is 69.1 cm³/mol. The molecule has 1 saturated carbocycles. The van der Waals surface area contributed by atoms with Gasteiger partial charge in [-0.3, -0.25) is 15.3 Å². The number of amidine groups is 1. The lowest BCUT2D eigenvalue weighted by Crippen LogP contribution is -2.32. The Hall–Kier alpha value is -1.42. The van der Waals surface area contributed by atoms with Gasteiger partial charge >= 0.3 is 0 Å². The van der Waals surface area contributed by atoms with Gasteiger partial charge in [-0.2, -0.15) is 0 Å². The molecule has 1 aromatic rings. The van der Waals surface area contributed by atoms with E-state index < -0.39 is 0 Å². The number of hydrogen-bond acceptors (Lipinski definition) is 3. The molecule has 1 heterocycles. The number of nitrogens with zero attached hydrogens (tertiary/aromatic N) is 2. The highest BCUT2D eigenvalue weighted by molar-refractivity contribution is 5.76. The molecular weight excluding hydrogens is 212 g/mol. The van der Waals surface area contributed by atoms with Gasteiger partial charge in [0.15, 0.2) is 0 Å². The molecule has 0 amide bonds. The third kappa shape index (κ3) is 4.15. The van der Waals surface area contributed by atoms with Crippen molar-refractivity contribution < 1.29 is 0 Å². The summed E-state index contributed by atoms with van der Waals surface area (Å²) in [6.45, 7) is 1.93. The lowest BCUT2D eigenvalue weighted by Gasteiger charge is -2.21. The normalized spacial score (nSPS) is 15.1. The highest BCUT2D eigenvalue weighted by Crippen LogP contribution is 2.26. The van der Waals surface area contributed by atoms with Crippen LogP contribution in [0.5, 0.6) is 0 Å². The topological polar surface area (TPSA) is 66.0 Å². The molecule has 0 spiro atoms. The third-order valence-corrected chi connectivity index (χ3v) is 3.11. The maximum Gasteiger partial charge on any atom is 0.0918 e. The summed E-state index contributed by atoms with van der Waals surface area (Å²) in [6.07, 6.45) is 6.08. The van der Waals surface area contributed by atoms with E-state index >= 15 is 0 Å². The van der Waals surface area contributed by atoms with Crippen molar-refractivity contribution in [3.05, 3.63) is 30.1 Å². The molecule has 17 heavy (non-hydrogen) atoms. The monoisotopic (exact) mass is 232 g/mol. The minimum absolute atomic E-state index is 0.286. The van der Waals surface area contributed by atoms with Crippen LogP contribution in [0.25, 0.3) is 0 Å². The average Bonchev–Trinajstić information content (AvgIpc) is 3.14. The lowest BCUT2D eigenvalue weighted by atomic mass is 10.2. The molecule has 0 radical (unpaired) electrons. The van der Waals surface area contributed by atoms with Crippen LogP contribution in [0, 0.1) is 5.41 Å². The summed E-state index contributed by atoms with van der Waals surface area (Å²) in [5.74, 6) is 0.286. The predicted octanol–water partition coefficient (Wildman–Crippen LogP) is 1.41. The van der Waals surface area contributed by atoms with Gasteiger partial charge in [-0.1, -0.05) is 6.07 Å². The number of nitrogens with one attached hydrogen (secondary N) is 1. The highest BCUT2D eigenvalue weighted by Gasteiger charge is 2.28. The van der Waals surface area contributed by atoms with E-state index in [0.717, 1.165) is 31.2 Å². The Morgan fingerprint density at radius 1 is 1.41 bits per heavy atom. The second-order valence-electron chi connectivity index (χ2n) is 4.61. The molecule has 1 aromatic heterocycles. The lowest BCUT2D eigenvalue weighted by molar-refractivity contribution is 0.273. The second kappa shape index (κ2) is 5.77. The molecular formula is C13H20N4. The summed E-state index contributed by atoms with van der Waals surface area (Å²) in [7, 11) is 0. The van der Waals surface area contributed by atoms with Gasteiger partial charge in [-0.05, 0) is 25.0 Å². The van der Waals surface area contributed by atoms with Crippen molar-refractivity contribution in [3.8, 4) is 0 Å². The standard InChI is InChI=1S/C13H20N4/c14-13(15)7-10-17(12-4-5-12)9-6-11-3-1-2-8-16-11/h1-3,8,12H,4-7,9-10H2,(H3,14,15). The molecule has 0 atom stereocenters. The van der Waals surface area contributed by atoms with E-state index in [4.69, 9.17) is 11.1 Å². The molecule has 2 rings (SSSR count). The fourth-order valence-electron chi connectivity index (χ4n) is 1.98. The van der Waals surface area contributed by atoms with Crippen molar-refractivity contribution >= 4 is 5.84 Å². The quantitative estimate of drug-likeness (QED) is 0.552. The molecule has 1 fully saturated rings. The number of nitrogens with two attached hydrogens (primary N) is 1. The van der Waals surface area contributed by atoms with Crippen molar-refractivity contribution in [1.82, 2.24) is 9.88 Å². The molecule has 1 aliphatic rings. The Bertz CT molecular complexity index is 359. The molecule has 0 unspecified atom stereocenters. The third-order valence-electron chi connectivity index (χ3n) is 3.11. The SMILES string of the molecule is N=C(N)CCN(CCc1ccccn1)C1CC1. The van der Waals surface area contributed by atoms with Crippen LogP contribution in [0.1, 0.15) is 25.0 Å². The molecule has 4 nitrogen and oxygen atoms in total. The second-order valence-corrected chi connectivity index (χ2v) is 4.61. The van der Waals surface area contributed by atoms with Crippen molar-refractivity contribution in [1.29, 1.82) is 5.41 Å². The Morgan fingerprint density at radius 2 is 2.24 bits per heavy atom. The van der Waals surface area contributed by atoms with Crippen LogP contribution in [0.4, 0.5) is 0 Å². The van der Waals surface area contributed by atoms with Crippen LogP contribution in [-0.4, -0.2) is 34.9 Å². The first-order chi connectivity index (χ1) is 8.25. The van der Waals surface area contributed by atoms with Crippen LogP contribution in [-0.2, 0) is 6.42 Å². The van der Waals surface area contributed by atoms with E-state index in [-0.39, 0.29) is 5.84 Å². The average molecular weight is 232 g/mol. The smallest absolute Gasteiger partial charge is 0.0918 e. The number of pyridine rings is 1. The van der Waals surface area contributed by atoms with Gasteiger partial charge in [0, 0.05) is 43.9 Å². The van der Waals surface area contributed by atoms with E-state index in [0.29, 0.717) is 6.42 Å².